The second-order valence-electron chi connectivity index (χ2n) is 5.85. The Hall–Kier alpha value is -1.95. The van der Waals surface area contributed by atoms with Crippen LogP contribution < -0.4 is 4.90 Å². The summed E-state index contributed by atoms with van der Waals surface area (Å²) >= 11 is 1.65. The van der Waals surface area contributed by atoms with Gasteiger partial charge in [0, 0.05) is 25.5 Å². The van der Waals surface area contributed by atoms with E-state index >= 15 is 0 Å². The highest BCUT2D eigenvalue weighted by molar-refractivity contribution is 7.08. The van der Waals surface area contributed by atoms with Gasteiger partial charge in [-0.3, -0.25) is 4.79 Å². The monoisotopic (exact) mass is 314 g/mol. The van der Waals surface area contributed by atoms with E-state index in [-0.39, 0.29) is 5.91 Å². The Morgan fingerprint density at radius 2 is 2.05 bits per heavy atom. The zero-order valence-electron chi connectivity index (χ0n) is 12.3. The second kappa shape index (κ2) is 5.68. The van der Waals surface area contributed by atoms with E-state index < -0.39 is 0 Å². The van der Waals surface area contributed by atoms with E-state index in [1.54, 1.807) is 23.7 Å². The first kappa shape index (κ1) is 13.7. The van der Waals surface area contributed by atoms with E-state index in [2.05, 4.69) is 25.1 Å². The summed E-state index contributed by atoms with van der Waals surface area (Å²) in [5.74, 6) is 1.05. The van der Waals surface area contributed by atoms with Gasteiger partial charge in [-0.1, -0.05) is 0 Å². The van der Waals surface area contributed by atoms with Crippen molar-refractivity contribution in [1.29, 1.82) is 0 Å². The number of amides is 1. The third-order valence-electron chi connectivity index (χ3n) is 4.64. The summed E-state index contributed by atoms with van der Waals surface area (Å²) in [6.45, 7) is 1.78. The number of carbonyl (C=O) groups excluding carboxylic acids is 1. The first-order chi connectivity index (χ1) is 10.8. The van der Waals surface area contributed by atoms with E-state index in [0.717, 1.165) is 37.4 Å². The molecule has 2 saturated heterocycles. The largest absolute Gasteiger partial charge is 0.337 e. The van der Waals surface area contributed by atoms with Gasteiger partial charge in [0.05, 0.1) is 18.5 Å². The Kier molecular flexibility index (Phi) is 3.54. The molecule has 2 aliphatic heterocycles. The summed E-state index contributed by atoms with van der Waals surface area (Å²) in [6, 6.07) is 4.56. The van der Waals surface area contributed by atoms with Crippen LogP contribution in [0.2, 0.25) is 0 Å². The first-order valence-electron chi connectivity index (χ1n) is 7.67. The van der Waals surface area contributed by atoms with Gasteiger partial charge >= 0.3 is 0 Å². The quantitative estimate of drug-likeness (QED) is 0.869. The van der Waals surface area contributed by atoms with Crippen LogP contribution in [0.5, 0.6) is 0 Å². The molecule has 0 N–H and O–H groups in total. The van der Waals surface area contributed by atoms with Crippen molar-refractivity contribution in [3.8, 4) is 0 Å². The Labute approximate surface area is 133 Å². The number of aromatic nitrogens is 2. The molecule has 1 amide bonds. The van der Waals surface area contributed by atoms with E-state index in [9.17, 15) is 4.79 Å². The minimum Gasteiger partial charge on any atom is -0.337 e. The van der Waals surface area contributed by atoms with Crippen LogP contribution in [0.25, 0.3) is 0 Å². The molecule has 22 heavy (non-hydrogen) atoms. The van der Waals surface area contributed by atoms with Crippen LogP contribution in [0.1, 0.15) is 18.4 Å². The summed E-state index contributed by atoms with van der Waals surface area (Å²) < 4.78 is 0. The fourth-order valence-electron chi connectivity index (χ4n) is 3.65. The molecule has 4 rings (SSSR count). The maximum absolute atomic E-state index is 12.6. The normalized spacial score (nSPS) is 23.8. The molecule has 0 saturated carbocycles. The second-order valence-corrected chi connectivity index (χ2v) is 6.63. The van der Waals surface area contributed by atoms with E-state index in [1.807, 2.05) is 17.5 Å². The number of hydrogen-bond acceptors (Lipinski definition) is 5. The van der Waals surface area contributed by atoms with E-state index in [0.29, 0.717) is 18.5 Å². The highest BCUT2D eigenvalue weighted by atomic mass is 32.1. The van der Waals surface area contributed by atoms with Crippen LogP contribution in [0.3, 0.4) is 0 Å². The Balaban J connectivity index is 1.47. The van der Waals surface area contributed by atoms with E-state index in [4.69, 9.17) is 0 Å². The molecule has 0 spiro atoms. The molecule has 2 aromatic rings. The molecule has 0 unspecified atom stereocenters. The number of anilines is 1. The molecular weight excluding hydrogens is 296 g/mol. The molecule has 2 aliphatic rings. The zero-order chi connectivity index (χ0) is 14.9. The summed E-state index contributed by atoms with van der Waals surface area (Å²) in [5.41, 5.74) is 1.12. The minimum absolute atomic E-state index is 0.252. The third kappa shape index (κ3) is 2.37. The average molecular weight is 314 g/mol. The number of rotatable bonds is 3. The van der Waals surface area contributed by atoms with Gasteiger partial charge < -0.3 is 9.80 Å². The minimum atomic E-state index is 0.252. The molecule has 0 bridgehead atoms. The topological polar surface area (TPSA) is 49.3 Å². The van der Waals surface area contributed by atoms with Gasteiger partial charge in [-0.15, -0.1) is 0 Å². The molecule has 0 radical (unpaired) electrons. The predicted molar refractivity (Wildman–Crippen MR) is 85.9 cm³/mol. The first-order valence-corrected chi connectivity index (χ1v) is 8.61. The Bertz CT molecular complexity index is 645. The van der Waals surface area contributed by atoms with Crippen LogP contribution in [0.15, 0.2) is 35.3 Å². The van der Waals surface area contributed by atoms with Crippen molar-refractivity contribution >= 4 is 23.2 Å². The molecule has 0 aromatic carbocycles. The maximum Gasteiger partial charge on any atom is 0.227 e. The van der Waals surface area contributed by atoms with Gasteiger partial charge in [0.2, 0.25) is 11.9 Å². The van der Waals surface area contributed by atoms with Gasteiger partial charge in [-0.05, 0) is 41.3 Å². The third-order valence-corrected chi connectivity index (χ3v) is 5.37. The Morgan fingerprint density at radius 1 is 1.23 bits per heavy atom. The lowest BCUT2D eigenvalue weighted by Crippen LogP contribution is -2.40. The average Bonchev–Trinajstić information content (AvgIpc) is 3.24. The van der Waals surface area contributed by atoms with Crippen molar-refractivity contribution in [2.45, 2.75) is 31.3 Å². The van der Waals surface area contributed by atoms with Crippen molar-refractivity contribution in [2.75, 3.05) is 18.0 Å². The lowest BCUT2D eigenvalue weighted by Gasteiger charge is -2.25. The van der Waals surface area contributed by atoms with Crippen LogP contribution in [-0.4, -0.2) is 45.9 Å². The molecule has 4 heterocycles. The maximum atomic E-state index is 12.6. The van der Waals surface area contributed by atoms with Gasteiger partial charge in [0.1, 0.15) is 0 Å². The summed E-state index contributed by atoms with van der Waals surface area (Å²) in [5, 5.41) is 4.09. The summed E-state index contributed by atoms with van der Waals surface area (Å²) in [4.78, 5) is 25.6. The Morgan fingerprint density at radius 3 is 2.82 bits per heavy atom. The van der Waals surface area contributed by atoms with E-state index in [1.165, 1.54) is 0 Å². The van der Waals surface area contributed by atoms with Gasteiger partial charge in [0.25, 0.3) is 0 Å². The summed E-state index contributed by atoms with van der Waals surface area (Å²) in [7, 11) is 0. The van der Waals surface area contributed by atoms with Gasteiger partial charge in [-0.25, -0.2) is 9.97 Å². The SMILES string of the molecule is O=C(Cc1ccsc1)N1CC[C@H]2[C@H]1CCN2c1ncccn1. The van der Waals surface area contributed by atoms with Crippen molar-refractivity contribution in [3.05, 3.63) is 40.8 Å². The van der Waals surface area contributed by atoms with Gasteiger partial charge in [0.15, 0.2) is 0 Å². The number of thiophene rings is 1. The highest BCUT2D eigenvalue weighted by Gasteiger charge is 2.44. The lowest BCUT2D eigenvalue weighted by molar-refractivity contribution is -0.131. The van der Waals surface area contributed by atoms with Crippen molar-refractivity contribution in [2.24, 2.45) is 0 Å². The zero-order valence-corrected chi connectivity index (χ0v) is 13.1. The van der Waals surface area contributed by atoms with Crippen molar-refractivity contribution in [1.82, 2.24) is 14.9 Å². The number of fused-ring (bicyclic) bond motifs is 1. The molecule has 2 fully saturated rings. The van der Waals surface area contributed by atoms with Crippen LogP contribution in [-0.2, 0) is 11.2 Å². The van der Waals surface area contributed by atoms with Gasteiger partial charge in [-0.2, -0.15) is 11.3 Å². The highest BCUT2D eigenvalue weighted by Crippen LogP contribution is 2.33. The molecule has 5 nitrogen and oxygen atoms in total. The predicted octanol–water partition coefficient (Wildman–Crippen LogP) is 1.96. The van der Waals surface area contributed by atoms with Crippen molar-refractivity contribution < 1.29 is 4.79 Å². The number of hydrogen-bond donors (Lipinski definition) is 0. The smallest absolute Gasteiger partial charge is 0.227 e. The molecule has 6 heteroatoms. The van der Waals surface area contributed by atoms with Crippen LogP contribution in [0, 0.1) is 0 Å². The molecule has 2 aromatic heterocycles. The molecular formula is C16H18N4OS. The fourth-order valence-corrected chi connectivity index (χ4v) is 4.32. The van der Waals surface area contributed by atoms with Crippen LogP contribution >= 0.6 is 11.3 Å². The fraction of sp³-hybridized carbons (Fsp3) is 0.438. The number of nitrogens with zero attached hydrogens (tertiary/aromatic N) is 4. The molecule has 2 atom stereocenters. The van der Waals surface area contributed by atoms with Crippen LogP contribution in [0.4, 0.5) is 5.95 Å². The van der Waals surface area contributed by atoms with Crippen molar-refractivity contribution in [3.63, 3.8) is 0 Å². The molecule has 114 valence electrons. The lowest BCUT2D eigenvalue weighted by atomic mass is 10.1. The standard InChI is InChI=1S/C16H18N4OS/c21-15(10-12-4-9-22-11-12)19-7-2-14-13(19)3-8-20(14)16-17-5-1-6-18-16/h1,4-6,9,11,13-14H,2-3,7-8,10H2/t13-,14+/m1/s1. The number of carbonyl (C=O) groups is 1. The number of likely N-dealkylation sites (tertiary alicyclic amines) is 1. The molecule has 0 aliphatic carbocycles. The summed E-state index contributed by atoms with van der Waals surface area (Å²) in [6.07, 6.45) is 6.11.